The molecule has 5 heterocycles. The smallest absolute Gasteiger partial charge is 0.230 e. The van der Waals surface area contributed by atoms with Crippen LogP contribution in [0.2, 0.25) is 0 Å². The first-order chi connectivity index (χ1) is 10.8. The minimum atomic E-state index is 0.384. The monoisotopic (exact) mass is 294 g/mol. The van der Waals surface area contributed by atoms with Crippen molar-refractivity contribution in [1.29, 1.82) is 0 Å². The summed E-state index contributed by atoms with van der Waals surface area (Å²) in [6.07, 6.45) is 4.25. The lowest BCUT2D eigenvalue weighted by molar-refractivity contribution is 0.436. The molecule has 0 radical (unpaired) electrons. The van der Waals surface area contributed by atoms with Gasteiger partial charge in [-0.05, 0) is 18.8 Å². The predicted octanol–water partition coefficient (Wildman–Crippen LogP) is 3.11. The maximum Gasteiger partial charge on any atom is 0.230 e. The minimum absolute atomic E-state index is 0.384. The van der Waals surface area contributed by atoms with Gasteiger partial charge in [0.1, 0.15) is 5.82 Å². The molecule has 0 unspecified atom stereocenters. The van der Waals surface area contributed by atoms with Gasteiger partial charge in [-0.15, -0.1) is 0 Å². The number of nitrogen functional groups attached to an aromatic ring is 1. The molecule has 0 saturated carbocycles. The summed E-state index contributed by atoms with van der Waals surface area (Å²) in [5.41, 5.74) is 10.7. The van der Waals surface area contributed by atoms with E-state index in [-0.39, 0.29) is 0 Å². The van der Waals surface area contributed by atoms with E-state index in [1.165, 1.54) is 48.2 Å². The van der Waals surface area contributed by atoms with Crippen molar-refractivity contribution in [2.75, 3.05) is 23.7 Å². The van der Waals surface area contributed by atoms with Crippen molar-refractivity contribution in [3.63, 3.8) is 0 Å². The molecule has 112 valence electrons. The van der Waals surface area contributed by atoms with Crippen LogP contribution in [0.15, 0.2) is 28.9 Å². The lowest BCUT2D eigenvalue weighted by Gasteiger charge is -2.41. The SMILES string of the molecule is Cn1c2c(c3cccc(-c4cnoc4N)c31)C1CCN2CC1. The summed E-state index contributed by atoms with van der Waals surface area (Å²) in [6.45, 7) is 2.35. The maximum atomic E-state index is 5.95. The van der Waals surface area contributed by atoms with Crippen LogP contribution in [0.3, 0.4) is 0 Å². The number of piperidine rings is 1. The highest BCUT2D eigenvalue weighted by Gasteiger charge is 2.35. The molecule has 3 aromatic rings. The van der Waals surface area contributed by atoms with Crippen molar-refractivity contribution in [1.82, 2.24) is 9.72 Å². The quantitative estimate of drug-likeness (QED) is 0.749. The Morgan fingerprint density at radius 2 is 2.05 bits per heavy atom. The van der Waals surface area contributed by atoms with Crippen molar-refractivity contribution in [2.45, 2.75) is 18.8 Å². The lowest BCUT2D eigenvalue weighted by atomic mass is 9.84. The molecule has 5 nitrogen and oxygen atoms in total. The second-order valence-electron chi connectivity index (χ2n) is 6.36. The van der Waals surface area contributed by atoms with Gasteiger partial charge in [-0.25, -0.2) is 0 Å². The number of fused-ring (bicyclic) bond motifs is 3. The Morgan fingerprint density at radius 3 is 2.77 bits per heavy atom. The number of nitrogens with two attached hydrogens (primary N) is 1. The number of hydrogen-bond donors (Lipinski definition) is 1. The zero-order valence-electron chi connectivity index (χ0n) is 12.5. The van der Waals surface area contributed by atoms with E-state index in [1.54, 1.807) is 6.20 Å². The van der Waals surface area contributed by atoms with E-state index < -0.39 is 0 Å². The molecular weight excluding hydrogens is 276 g/mol. The Balaban J connectivity index is 1.89. The summed E-state index contributed by atoms with van der Waals surface area (Å²) < 4.78 is 7.40. The Labute approximate surface area is 128 Å². The first kappa shape index (κ1) is 12.1. The van der Waals surface area contributed by atoms with Crippen LogP contribution >= 0.6 is 0 Å². The highest BCUT2D eigenvalue weighted by Crippen LogP contribution is 2.49. The summed E-state index contributed by atoms with van der Waals surface area (Å²) in [5.74, 6) is 2.47. The molecule has 0 amide bonds. The van der Waals surface area contributed by atoms with Crippen LogP contribution in [0.1, 0.15) is 24.3 Å². The number of hydrogen-bond acceptors (Lipinski definition) is 4. The molecule has 6 rings (SSSR count). The molecular formula is C17H18N4O. The third-order valence-electron chi connectivity index (χ3n) is 5.31. The molecule has 1 saturated heterocycles. The molecule has 2 bridgehead atoms. The summed E-state index contributed by atoms with van der Waals surface area (Å²) in [5, 5.41) is 5.19. The van der Waals surface area contributed by atoms with Crippen molar-refractivity contribution >= 4 is 22.6 Å². The molecule has 3 aliphatic heterocycles. The number of benzene rings is 1. The van der Waals surface area contributed by atoms with Crippen molar-refractivity contribution in [3.8, 4) is 11.1 Å². The lowest BCUT2D eigenvalue weighted by Crippen LogP contribution is -2.39. The molecule has 2 N–H and O–H groups in total. The van der Waals surface area contributed by atoms with E-state index in [1.807, 2.05) is 0 Å². The van der Waals surface area contributed by atoms with Crippen LogP contribution in [-0.2, 0) is 7.05 Å². The molecule has 1 fully saturated rings. The average molecular weight is 294 g/mol. The van der Waals surface area contributed by atoms with Crippen LogP contribution in [0.5, 0.6) is 0 Å². The fourth-order valence-electron chi connectivity index (χ4n) is 4.36. The van der Waals surface area contributed by atoms with E-state index in [9.17, 15) is 0 Å². The summed E-state index contributed by atoms with van der Waals surface area (Å²) in [6, 6.07) is 6.46. The molecule has 1 aromatic carbocycles. The number of nitrogens with zero attached hydrogens (tertiary/aromatic N) is 3. The first-order valence-electron chi connectivity index (χ1n) is 7.82. The number of aromatic nitrogens is 2. The largest absolute Gasteiger partial charge is 0.367 e. The molecule has 22 heavy (non-hydrogen) atoms. The molecule has 5 heteroatoms. The fraction of sp³-hybridized carbons (Fsp3) is 0.353. The average Bonchev–Trinajstić information content (AvgIpc) is 3.12. The van der Waals surface area contributed by atoms with Gasteiger partial charge < -0.3 is 19.7 Å². The summed E-state index contributed by atoms with van der Waals surface area (Å²) >= 11 is 0. The van der Waals surface area contributed by atoms with Gasteiger partial charge in [-0.1, -0.05) is 23.4 Å². The Morgan fingerprint density at radius 1 is 1.23 bits per heavy atom. The van der Waals surface area contributed by atoms with Crippen molar-refractivity contribution < 1.29 is 4.52 Å². The zero-order valence-corrected chi connectivity index (χ0v) is 12.5. The van der Waals surface area contributed by atoms with E-state index in [4.69, 9.17) is 10.3 Å². The standard InChI is InChI=1S/C17H18N4O/c1-20-15-11(13-9-19-22-16(13)18)3-2-4-12(15)14-10-5-7-21(8-6-10)17(14)20/h2-4,9-10H,5-8,18H2,1H3. The van der Waals surface area contributed by atoms with Gasteiger partial charge in [0, 0.05) is 36.7 Å². The number of rotatable bonds is 1. The van der Waals surface area contributed by atoms with Gasteiger partial charge in [-0.2, -0.15) is 0 Å². The van der Waals surface area contributed by atoms with Crippen LogP contribution < -0.4 is 10.6 Å². The second kappa shape index (κ2) is 4.06. The van der Waals surface area contributed by atoms with Crippen LogP contribution in [-0.4, -0.2) is 22.8 Å². The van der Waals surface area contributed by atoms with E-state index >= 15 is 0 Å². The van der Waals surface area contributed by atoms with Gasteiger partial charge >= 0.3 is 0 Å². The van der Waals surface area contributed by atoms with Crippen LogP contribution in [0, 0.1) is 0 Å². The third-order valence-corrected chi connectivity index (χ3v) is 5.31. The zero-order chi connectivity index (χ0) is 14.8. The van der Waals surface area contributed by atoms with Crippen molar-refractivity contribution in [2.24, 2.45) is 7.05 Å². The fourth-order valence-corrected chi connectivity index (χ4v) is 4.36. The minimum Gasteiger partial charge on any atom is -0.367 e. The van der Waals surface area contributed by atoms with Gasteiger partial charge in [-0.3, -0.25) is 0 Å². The Bertz CT molecular complexity index is 884. The molecule has 3 aliphatic rings. The number of para-hydroxylation sites is 1. The molecule has 0 spiro atoms. The van der Waals surface area contributed by atoms with E-state index in [0.29, 0.717) is 11.8 Å². The van der Waals surface area contributed by atoms with Crippen LogP contribution in [0.25, 0.3) is 22.0 Å². The summed E-state index contributed by atoms with van der Waals surface area (Å²) in [4.78, 5) is 2.52. The number of anilines is 2. The molecule has 0 atom stereocenters. The Hall–Kier alpha value is -2.43. The highest BCUT2D eigenvalue weighted by molar-refractivity contribution is 6.02. The summed E-state index contributed by atoms with van der Waals surface area (Å²) in [7, 11) is 2.16. The maximum absolute atomic E-state index is 5.95. The second-order valence-corrected chi connectivity index (χ2v) is 6.36. The predicted molar refractivity (Wildman–Crippen MR) is 87.0 cm³/mol. The molecule has 0 aliphatic carbocycles. The van der Waals surface area contributed by atoms with Gasteiger partial charge in [0.25, 0.3) is 0 Å². The third kappa shape index (κ3) is 1.36. The van der Waals surface area contributed by atoms with Gasteiger partial charge in [0.2, 0.25) is 5.88 Å². The van der Waals surface area contributed by atoms with Crippen LogP contribution in [0.4, 0.5) is 11.7 Å². The highest BCUT2D eigenvalue weighted by atomic mass is 16.5. The van der Waals surface area contributed by atoms with Gasteiger partial charge in [0.05, 0.1) is 17.3 Å². The van der Waals surface area contributed by atoms with Crippen molar-refractivity contribution in [3.05, 3.63) is 30.0 Å². The molecule has 2 aromatic heterocycles. The topological polar surface area (TPSA) is 60.2 Å². The normalized spacial score (nSPS) is 17.4. The van der Waals surface area contributed by atoms with E-state index in [0.717, 1.165) is 11.1 Å². The number of aryl methyl sites for hydroxylation is 1. The first-order valence-corrected chi connectivity index (χ1v) is 7.82. The van der Waals surface area contributed by atoms with Gasteiger partial charge in [0.15, 0.2) is 0 Å². The Kier molecular flexibility index (Phi) is 2.24. The van der Waals surface area contributed by atoms with E-state index in [2.05, 4.69) is 39.9 Å².